The second-order valence-corrected chi connectivity index (χ2v) is 8.55. The molecule has 0 radical (unpaired) electrons. The topological polar surface area (TPSA) is 35.6 Å². The monoisotopic (exact) mass is 511 g/mol. The predicted octanol–water partition coefficient (Wildman–Crippen LogP) is 5.01. The number of carbonyl (C=O) groups is 1. The summed E-state index contributed by atoms with van der Waals surface area (Å²) >= 11 is 3.35. The SMILES string of the molecule is CN(C)CCCN(C)c1ccc(C(F)(F)F)cc1NC(=O)c1cc(I)cs1. The normalized spacial score (nSPS) is 11.7. The third-order valence-electron chi connectivity index (χ3n) is 3.87. The number of hydrogen-bond donors (Lipinski definition) is 1. The Balaban J connectivity index is 2.28. The van der Waals surface area contributed by atoms with Crippen molar-refractivity contribution in [2.24, 2.45) is 0 Å². The number of halogens is 4. The van der Waals surface area contributed by atoms with Crippen molar-refractivity contribution in [1.82, 2.24) is 4.90 Å². The average Bonchev–Trinajstić information content (AvgIpc) is 3.00. The van der Waals surface area contributed by atoms with Crippen LogP contribution >= 0.6 is 33.9 Å². The number of hydrogen-bond acceptors (Lipinski definition) is 4. The molecule has 1 N–H and O–H groups in total. The van der Waals surface area contributed by atoms with Crippen LogP contribution in [-0.2, 0) is 6.18 Å². The van der Waals surface area contributed by atoms with Crippen LogP contribution in [0, 0.1) is 3.57 Å². The maximum Gasteiger partial charge on any atom is 0.416 e. The molecule has 1 aromatic carbocycles. The lowest BCUT2D eigenvalue weighted by Crippen LogP contribution is -2.25. The summed E-state index contributed by atoms with van der Waals surface area (Å²) in [6, 6.07) is 5.15. The van der Waals surface area contributed by atoms with E-state index in [0.29, 0.717) is 17.1 Å². The van der Waals surface area contributed by atoms with Crippen molar-refractivity contribution in [3.05, 3.63) is 43.7 Å². The van der Waals surface area contributed by atoms with E-state index in [-0.39, 0.29) is 5.69 Å². The smallest absolute Gasteiger partial charge is 0.373 e. The molecule has 0 atom stereocenters. The van der Waals surface area contributed by atoms with Crippen LogP contribution < -0.4 is 10.2 Å². The first-order valence-electron chi connectivity index (χ1n) is 8.20. The highest BCUT2D eigenvalue weighted by Crippen LogP contribution is 2.35. The van der Waals surface area contributed by atoms with Crippen molar-refractivity contribution in [3.8, 4) is 0 Å². The fourth-order valence-electron chi connectivity index (χ4n) is 2.51. The van der Waals surface area contributed by atoms with Gasteiger partial charge in [-0.1, -0.05) is 0 Å². The zero-order valence-corrected chi connectivity index (χ0v) is 18.2. The van der Waals surface area contributed by atoms with Crippen molar-refractivity contribution < 1.29 is 18.0 Å². The molecule has 27 heavy (non-hydrogen) atoms. The van der Waals surface area contributed by atoms with E-state index < -0.39 is 17.6 Å². The van der Waals surface area contributed by atoms with Crippen molar-refractivity contribution in [2.45, 2.75) is 12.6 Å². The van der Waals surface area contributed by atoms with Crippen LogP contribution in [0.4, 0.5) is 24.5 Å². The van der Waals surface area contributed by atoms with Gasteiger partial charge in [-0.05, 0) is 73.9 Å². The van der Waals surface area contributed by atoms with Gasteiger partial charge in [0.05, 0.1) is 21.8 Å². The van der Waals surface area contributed by atoms with E-state index in [9.17, 15) is 18.0 Å². The molecule has 148 valence electrons. The number of alkyl halides is 3. The Morgan fingerprint density at radius 1 is 1.19 bits per heavy atom. The number of anilines is 2. The number of nitrogens with one attached hydrogen (secondary N) is 1. The van der Waals surface area contributed by atoms with E-state index in [1.165, 1.54) is 17.4 Å². The maximum absolute atomic E-state index is 13.1. The van der Waals surface area contributed by atoms with Crippen LogP contribution in [-0.4, -0.2) is 45.0 Å². The molecule has 0 aliphatic carbocycles. The Morgan fingerprint density at radius 3 is 2.44 bits per heavy atom. The first-order valence-corrected chi connectivity index (χ1v) is 10.2. The van der Waals surface area contributed by atoms with E-state index in [0.717, 1.165) is 28.7 Å². The summed E-state index contributed by atoms with van der Waals surface area (Å²) in [6.45, 7) is 1.52. The van der Waals surface area contributed by atoms with E-state index in [1.54, 1.807) is 6.07 Å². The van der Waals surface area contributed by atoms with Gasteiger partial charge < -0.3 is 15.1 Å². The van der Waals surface area contributed by atoms with Crippen LogP contribution in [0.3, 0.4) is 0 Å². The summed E-state index contributed by atoms with van der Waals surface area (Å²) in [5.74, 6) is -0.412. The van der Waals surface area contributed by atoms with Gasteiger partial charge in [-0.2, -0.15) is 13.2 Å². The molecule has 0 unspecified atom stereocenters. The molecule has 1 amide bonds. The Kier molecular flexibility index (Phi) is 7.52. The first kappa shape index (κ1) is 22.0. The quantitative estimate of drug-likeness (QED) is 0.531. The number of nitrogens with zero attached hydrogens (tertiary/aromatic N) is 2. The van der Waals surface area contributed by atoms with E-state index in [4.69, 9.17) is 0 Å². The minimum atomic E-state index is -4.47. The fourth-order valence-corrected chi connectivity index (χ4v) is 4.07. The largest absolute Gasteiger partial charge is 0.416 e. The van der Waals surface area contributed by atoms with Gasteiger partial charge in [-0.3, -0.25) is 4.79 Å². The van der Waals surface area contributed by atoms with Crippen molar-refractivity contribution in [2.75, 3.05) is 44.4 Å². The van der Waals surface area contributed by atoms with Crippen LogP contribution in [0.5, 0.6) is 0 Å². The summed E-state index contributed by atoms with van der Waals surface area (Å²) in [5, 5.41) is 4.46. The zero-order chi connectivity index (χ0) is 20.2. The minimum absolute atomic E-state index is 0.158. The van der Waals surface area contributed by atoms with E-state index in [1.807, 2.05) is 36.3 Å². The van der Waals surface area contributed by atoms with Crippen LogP contribution in [0.25, 0.3) is 0 Å². The molecule has 1 aromatic heterocycles. The van der Waals surface area contributed by atoms with Gasteiger partial charge in [0.1, 0.15) is 0 Å². The third-order valence-corrected chi connectivity index (χ3v) is 5.85. The number of benzene rings is 1. The summed E-state index contributed by atoms with van der Waals surface area (Å²) in [5.41, 5.74) is -0.0732. The molecule has 1 heterocycles. The minimum Gasteiger partial charge on any atom is -0.373 e. The lowest BCUT2D eigenvalue weighted by molar-refractivity contribution is -0.137. The molecular formula is C18H21F3IN3OS. The molecule has 0 fully saturated rings. The molecule has 0 saturated heterocycles. The summed E-state index contributed by atoms with van der Waals surface area (Å²) in [7, 11) is 5.74. The van der Waals surface area contributed by atoms with Gasteiger partial charge in [0.25, 0.3) is 5.91 Å². The molecule has 0 aliphatic rings. The second-order valence-electron chi connectivity index (χ2n) is 6.39. The van der Waals surface area contributed by atoms with Crippen LogP contribution in [0.15, 0.2) is 29.6 Å². The van der Waals surface area contributed by atoms with Crippen LogP contribution in [0.1, 0.15) is 21.7 Å². The molecule has 2 aromatic rings. The van der Waals surface area contributed by atoms with Gasteiger partial charge in [-0.25, -0.2) is 0 Å². The third kappa shape index (κ3) is 6.35. The summed E-state index contributed by atoms with van der Waals surface area (Å²) in [6.07, 6.45) is -3.62. The standard InChI is InChI=1S/C18H21F3IN3OS/c1-24(2)7-4-8-25(3)15-6-5-12(18(19,20)21)9-14(15)23-17(26)16-10-13(22)11-27-16/h5-6,9-11H,4,7-8H2,1-3H3,(H,23,26). The van der Waals surface area contributed by atoms with Gasteiger partial charge >= 0.3 is 6.18 Å². The first-order chi connectivity index (χ1) is 12.6. The predicted molar refractivity (Wildman–Crippen MR) is 113 cm³/mol. The molecule has 2 rings (SSSR count). The number of carbonyl (C=O) groups excluding carboxylic acids is 1. The molecule has 4 nitrogen and oxygen atoms in total. The van der Waals surface area contributed by atoms with Gasteiger partial charge in [0.2, 0.25) is 0 Å². The Bertz CT molecular complexity index is 792. The molecule has 0 bridgehead atoms. The second kappa shape index (κ2) is 9.24. The van der Waals surface area contributed by atoms with Crippen molar-refractivity contribution in [3.63, 3.8) is 0 Å². The van der Waals surface area contributed by atoms with Crippen LogP contribution in [0.2, 0.25) is 0 Å². The van der Waals surface area contributed by atoms with Gasteiger partial charge in [-0.15, -0.1) is 11.3 Å². The van der Waals surface area contributed by atoms with Crippen molar-refractivity contribution >= 4 is 51.2 Å². The Hall–Kier alpha value is -1.33. The molecular weight excluding hydrogens is 490 g/mol. The number of amides is 1. The molecule has 0 spiro atoms. The van der Waals surface area contributed by atoms with Crippen molar-refractivity contribution in [1.29, 1.82) is 0 Å². The fraction of sp³-hybridized carbons (Fsp3) is 0.389. The van der Waals surface area contributed by atoms with Gasteiger partial charge in [0.15, 0.2) is 0 Å². The maximum atomic E-state index is 13.1. The lowest BCUT2D eigenvalue weighted by Gasteiger charge is -2.24. The average molecular weight is 511 g/mol. The highest BCUT2D eigenvalue weighted by molar-refractivity contribution is 14.1. The van der Waals surface area contributed by atoms with Gasteiger partial charge in [0, 0.05) is 22.5 Å². The number of rotatable bonds is 7. The Labute approximate surface area is 174 Å². The van der Waals surface area contributed by atoms with E-state index >= 15 is 0 Å². The molecule has 0 saturated carbocycles. The molecule has 0 aliphatic heterocycles. The molecule has 9 heteroatoms. The summed E-state index contributed by atoms with van der Waals surface area (Å²) < 4.78 is 40.3. The lowest BCUT2D eigenvalue weighted by atomic mass is 10.1. The summed E-state index contributed by atoms with van der Waals surface area (Å²) in [4.78, 5) is 16.8. The zero-order valence-electron chi connectivity index (χ0n) is 15.2. The Morgan fingerprint density at radius 2 is 1.89 bits per heavy atom. The number of thiophene rings is 1. The van der Waals surface area contributed by atoms with E-state index in [2.05, 4.69) is 27.9 Å². The highest BCUT2D eigenvalue weighted by atomic mass is 127. The highest BCUT2D eigenvalue weighted by Gasteiger charge is 2.31.